The molecule has 0 aliphatic rings. The SMILES string of the molecule is C=CC.N=C(N)c1ccccc1. The molecule has 2 nitrogen and oxygen atoms in total. The molecule has 0 atom stereocenters. The predicted molar refractivity (Wildman–Crippen MR) is 53.3 cm³/mol. The van der Waals surface area contributed by atoms with Crippen molar-refractivity contribution in [1.29, 1.82) is 5.41 Å². The van der Waals surface area contributed by atoms with Gasteiger partial charge in [-0.25, -0.2) is 0 Å². The van der Waals surface area contributed by atoms with Gasteiger partial charge in [-0.2, -0.15) is 0 Å². The standard InChI is InChI=1S/C7H8N2.C3H6/c8-7(9)6-4-2-1-3-5-6;1-3-2/h1-5H,(H3,8,9);3H,1H2,2H3. The highest BCUT2D eigenvalue weighted by molar-refractivity contribution is 5.94. The van der Waals surface area contributed by atoms with Crippen LogP contribution in [-0.2, 0) is 0 Å². The molecule has 0 heterocycles. The fraction of sp³-hybridized carbons (Fsp3) is 0.100. The smallest absolute Gasteiger partial charge is 0.122 e. The van der Waals surface area contributed by atoms with Gasteiger partial charge in [0, 0.05) is 5.56 Å². The Morgan fingerprint density at radius 2 is 1.83 bits per heavy atom. The molecule has 2 heteroatoms. The van der Waals surface area contributed by atoms with Crippen molar-refractivity contribution in [3.05, 3.63) is 48.6 Å². The lowest BCUT2D eigenvalue weighted by Gasteiger charge is -1.93. The van der Waals surface area contributed by atoms with Crippen LogP contribution in [0.5, 0.6) is 0 Å². The van der Waals surface area contributed by atoms with Gasteiger partial charge < -0.3 is 5.73 Å². The zero-order valence-corrected chi connectivity index (χ0v) is 7.25. The maximum atomic E-state index is 7.01. The lowest BCUT2D eigenvalue weighted by atomic mass is 10.2. The molecule has 3 N–H and O–H groups in total. The molecule has 1 rings (SSSR count). The summed E-state index contributed by atoms with van der Waals surface area (Å²) in [5, 5.41) is 7.01. The first-order chi connectivity index (χ1) is 5.72. The van der Waals surface area contributed by atoms with Gasteiger partial charge in [-0.15, -0.1) is 6.58 Å². The summed E-state index contributed by atoms with van der Waals surface area (Å²) in [4.78, 5) is 0. The molecule has 0 saturated heterocycles. The number of nitrogens with one attached hydrogen (secondary N) is 1. The van der Waals surface area contributed by atoms with Crippen LogP contribution in [0.15, 0.2) is 43.0 Å². The van der Waals surface area contributed by atoms with Gasteiger partial charge in [0.15, 0.2) is 0 Å². The topological polar surface area (TPSA) is 49.9 Å². The number of nitrogen functional groups attached to an aromatic ring is 1. The number of hydrogen-bond acceptors (Lipinski definition) is 1. The molecule has 0 bridgehead atoms. The van der Waals surface area contributed by atoms with E-state index in [0.29, 0.717) is 0 Å². The van der Waals surface area contributed by atoms with Crippen molar-refractivity contribution in [3.8, 4) is 0 Å². The van der Waals surface area contributed by atoms with E-state index in [4.69, 9.17) is 11.1 Å². The van der Waals surface area contributed by atoms with Gasteiger partial charge in [0.2, 0.25) is 0 Å². The van der Waals surface area contributed by atoms with E-state index < -0.39 is 0 Å². The van der Waals surface area contributed by atoms with Crippen molar-refractivity contribution >= 4 is 5.84 Å². The minimum Gasteiger partial charge on any atom is -0.384 e. The molecule has 1 aromatic rings. The van der Waals surface area contributed by atoms with E-state index in [1.54, 1.807) is 6.08 Å². The van der Waals surface area contributed by atoms with Gasteiger partial charge in [-0.05, 0) is 6.92 Å². The highest BCUT2D eigenvalue weighted by atomic mass is 14.7. The van der Waals surface area contributed by atoms with Gasteiger partial charge in [0.25, 0.3) is 0 Å². The summed E-state index contributed by atoms with van der Waals surface area (Å²) in [5.41, 5.74) is 5.97. The maximum absolute atomic E-state index is 7.01. The summed E-state index contributed by atoms with van der Waals surface area (Å²) in [6.07, 6.45) is 1.75. The average molecular weight is 162 g/mol. The van der Waals surface area contributed by atoms with E-state index in [9.17, 15) is 0 Å². The second-order valence-corrected chi connectivity index (χ2v) is 2.19. The van der Waals surface area contributed by atoms with E-state index in [-0.39, 0.29) is 5.84 Å². The second kappa shape index (κ2) is 6.16. The minimum atomic E-state index is 0.121. The molecule has 0 aliphatic carbocycles. The van der Waals surface area contributed by atoms with Crippen LogP contribution in [0, 0.1) is 5.41 Å². The van der Waals surface area contributed by atoms with Crippen molar-refractivity contribution < 1.29 is 0 Å². The predicted octanol–water partition coefficient (Wildman–Crippen LogP) is 2.16. The monoisotopic (exact) mass is 162 g/mol. The maximum Gasteiger partial charge on any atom is 0.122 e. The lowest BCUT2D eigenvalue weighted by molar-refractivity contribution is 1.42. The largest absolute Gasteiger partial charge is 0.384 e. The normalized spacial score (nSPS) is 7.75. The third kappa shape index (κ3) is 4.28. The van der Waals surface area contributed by atoms with Crippen LogP contribution in [0.2, 0.25) is 0 Å². The van der Waals surface area contributed by atoms with Crippen molar-refractivity contribution in [1.82, 2.24) is 0 Å². The molecule has 0 unspecified atom stereocenters. The van der Waals surface area contributed by atoms with E-state index in [1.807, 2.05) is 37.3 Å². The van der Waals surface area contributed by atoms with Gasteiger partial charge in [0.1, 0.15) is 5.84 Å². The molecule has 0 spiro atoms. The number of rotatable bonds is 1. The Morgan fingerprint density at radius 3 is 2.08 bits per heavy atom. The molecule has 0 saturated carbocycles. The molecule has 64 valence electrons. The Hall–Kier alpha value is -1.57. The van der Waals surface area contributed by atoms with E-state index in [1.165, 1.54) is 0 Å². The zero-order valence-electron chi connectivity index (χ0n) is 7.25. The van der Waals surface area contributed by atoms with Gasteiger partial charge >= 0.3 is 0 Å². The zero-order chi connectivity index (χ0) is 9.40. The van der Waals surface area contributed by atoms with Crippen LogP contribution >= 0.6 is 0 Å². The average Bonchev–Trinajstić information content (AvgIpc) is 2.07. The number of allylic oxidation sites excluding steroid dienone is 1. The van der Waals surface area contributed by atoms with Crippen molar-refractivity contribution in [2.24, 2.45) is 5.73 Å². The third-order valence-corrected chi connectivity index (χ3v) is 1.08. The van der Waals surface area contributed by atoms with Gasteiger partial charge in [-0.1, -0.05) is 36.4 Å². The quantitative estimate of drug-likeness (QED) is 0.371. The minimum absolute atomic E-state index is 0.121. The Bertz CT molecular complexity index is 239. The summed E-state index contributed by atoms with van der Waals surface area (Å²) < 4.78 is 0. The number of benzene rings is 1. The van der Waals surface area contributed by atoms with Gasteiger partial charge in [-0.3, -0.25) is 5.41 Å². The van der Waals surface area contributed by atoms with Gasteiger partial charge in [0.05, 0.1) is 0 Å². The van der Waals surface area contributed by atoms with Crippen LogP contribution in [0.1, 0.15) is 12.5 Å². The molecule has 1 aromatic carbocycles. The first-order valence-corrected chi connectivity index (χ1v) is 3.68. The summed E-state index contributed by atoms with van der Waals surface area (Å²) in [7, 11) is 0. The Balaban J connectivity index is 0.000000354. The van der Waals surface area contributed by atoms with E-state index in [2.05, 4.69) is 6.58 Å². The molecule has 0 amide bonds. The van der Waals surface area contributed by atoms with Crippen LogP contribution in [0.25, 0.3) is 0 Å². The lowest BCUT2D eigenvalue weighted by Crippen LogP contribution is -2.10. The molecule has 0 aliphatic heterocycles. The van der Waals surface area contributed by atoms with Crippen molar-refractivity contribution in [2.45, 2.75) is 6.92 Å². The van der Waals surface area contributed by atoms with Crippen LogP contribution < -0.4 is 5.73 Å². The Kier molecular flexibility index (Phi) is 5.35. The Morgan fingerprint density at radius 1 is 1.42 bits per heavy atom. The highest BCUT2D eigenvalue weighted by Crippen LogP contribution is 1.94. The Labute approximate surface area is 73.2 Å². The van der Waals surface area contributed by atoms with Crippen LogP contribution in [0.4, 0.5) is 0 Å². The molecule has 0 radical (unpaired) electrons. The summed E-state index contributed by atoms with van der Waals surface area (Å²) >= 11 is 0. The third-order valence-electron chi connectivity index (χ3n) is 1.08. The number of amidine groups is 1. The second-order valence-electron chi connectivity index (χ2n) is 2.19. The summed E-state index contributed by atoms with van der Waals surface area (Å²) in [6, 6.07) is 9.23. The molecule has 12 heavy (non-hydrogen) atoms. The van der Waals surface area contributed by atoms with Crippen LogP contribution in [0.3, 0.4) is 0 Å². The first kappa shape index (κ1) is 10.4. The van der Waals surface area contributed by atoms with E-state index >= 15 is 0 Å². The molecule has 0 aromatic heterocycles. The van der Waals surface area contributed by atoms with Crippen molar-refractivity contribution in [2.75, 3.05) is 0 Å². The fourth-order valence-electron chi connectivity index (χ4n) is 0.618. The number of nitrogens with two attached hydrogens (primary N) is 1. The molecule has 0 fully saturated rings. The first-order valence-electron chi connectivity index (χ1n) is 3.68. The van der Waals surface area contributed by atoms with Crippen molar-refractivity contribution in [3.63, 3.8) is 0 Å². The summed E-state index contributed by atoms with van der Waals surface area (Å²) in [6.45, 7) is 5.25. The molecular weight excluding hydrogens is 148 g/mol. The van der Waals surface area contributed by atoms with Crippen LogP contribution in [-0.4, -0.2) is 5.84 Å². The van der Waals surface area contributed by atoms with E-state index in [0.717, 1.165) is 5.56 Å². The highest BCUT2D eigenvalue weighted by Gasteiger charge is 1.89. The summed E-state index contributed by atoms with van der Waals surface area (Å²) in [5.74, 6) is 0.121. The molecular formula is C10H14N2. The fourth-order valence-corrected chi connectivity index (χ4v) is 0.618. The number of hydrogen-bond donors (Lipinski definition) is 2.